The molecule has 0 aliphatic heterocycles. The topological polar surface area (TPSA) is 95.0 Å². The first-order valence-electron chi connectivity index (χ1n) is 7.50. The van der Waals surface area contributed by atoms with Gasteiger partial charge < -0.3 is 20.9 Å². The van der Waals surface area contributed by atoms with E-state index >= 15 is 0 Å². The third kappa shape index (κ3) is 3.44. The molecule has 6 nitrogen and oxygen atoms in total. The Kier molecular flexibility index (Phi) is 5.38. The largest absolute Gasteiger partial charge is 0.409 e. The lowest BCUT2D eigenvalue weighted by molar-refractivity contribution is 0.289. The highest BCUT2D eigenvalue weighted by Gasteiger charge is 2.25. The molecule has 1 aromatic rings. The second-order valence-corrected chi connectivity index (χ2v) is 5.52. The third-order valence-corrected chi connectivity index (χ3v) is 4.13. The lowest BCUT2D eigenvalue weighted by atomic mass is 9.93. The Labute approximate surface area is 125 Å². The van der Waals surface area contributed by atoms with E-state index in [1.54, 1.807) is 6.20 Å². The maximum Gasteiger partial charge on any atom is 0.174 e. The molecule has 0 aromatic carbocycles. The van der Waals surface area contributed by atoms with E-state index in [-0.39, 0.29) is 12.4 Å². The molecule has 1 aliphatic rings. The van der Waals surface area contributed by atoms with Gasteiger partial charge in [-0.2, -0.15) is 0 Å². The van der Waals surface area contributed by atoms with Gasteiger partial charge in [-0.1, -0.05) is 24.4 Å². The standard InChI is InChI=1S/C15H24N4O2/c1-11-7-8-17-15(13(11)14(16)18-21)19(9-10-20)12-5-3-2-4-6-12/h7-8,12,20-21H,2-6,9-10H2,1H3,(H2,16,18). The number of amidine groups is 1. The molecule has 21 heavy (non-hydrogen) atoms. The van der Waals surface area contributed by atoms with Crippen molar-refractivity contribution in [3.8, 4) is 0 Å². The van der Waals surface area contributed by atoms with E-state index in [0.29, 0.717) is 24.0 Å². The summed E-state index contributed by atoms with van der Waals surface area (Å²) in [6, 6.07) is 2.19. The summed E-state index contributed by atoms with van der Waals surface area (Å²) >= 11 is 0. The maximum absolute atomic E-state index is 9.40. The summed E-state index contributed by atoms with van der Waals surface area (Å²) < 4.78 is 0. The van der Waals surface area contributed by atoms with Gasteiger partial charge in [0.1, 0.15) is 5.82 Å². The van der Waals surface area contributed by atoms with Crippen LogP contribution in [0.1, 0.15) is 43.2 Å². The molecule has 2 rings (SSSR count). The summed E-state index contributed by atoms with van der Waals surface area (Å²) in [7, 11) is 0. The van der Waals surface area contributed by atoms with Crippen LogP contribution >= 0.6 is 0 Å². The van der Waals surface area contributed by atoms with Gasteiger partial charge in [0.05, 0.1) is 12.2 Å². The van der Waals surface area contributed by atoms with E-state index in [1.807, 2.05) is 13.0 Å². The van der Waals surface area contributed by atoms with Crippen LogP contribution < -0.4 is 10.6 Å². The van der Waals surface area contributed by atoms with E-state index in [0.717, 1.165) is 18.4 Å². The minimum Gasteiger partial charge on any atom is -0.409 e. The van der Waals surface area contributed by atoms with Crippen LogP contribution in [-0.2, 0) is 0 Å². The quantitative estimate of drug-likeness (QED) is 0.332. The molecular weight excluding hydrogens is 268 g/mol. The lowest BCUT2D eigenvalue weighted by Gasteiger charge is -2.36. The highest BCUT2D eigenvalue weighted by atomic mass is 16.4. The van der Waals surface area contributed by atoms with Gasteiger partial charge >= 0.3 is 0 Å². The molecule has 1 aliphatic carbocycles. The minimum atomic E-state index is 0.0573. The van der Waals surface area contributed by atoms with Crippen molar-refractivity contribution in [1.82, 2.24) is 4.98 Å². The molecule has 1 fully saturated rings. The number of oxime groups is 1. The Morgan fingerprint density at radius 3 is 2.76 bits per heavy atom. The van der Waals surface area contributed by atoms with Crippen LogP contribution in [0.4, 0.5) is 5.82 Å². The molecule has 0 bridgehead atoms. The fourth-order valence-corrected chi connectivity index (χ4v) is 3.09. The van der Waals surface area contributed by atoms with Gasteiger partial charge in [-0.3, -0.25) is 0 Å². The van der Waals surface area contributed by atoms with Crippen molar-refractivity contribution in [2.24, 2.45) is 10.9 Å². The van der Waals surface area contributed by atoms with Gasteiger partial charge in [0, 0.05) is 18.8 Å². The molecule has 1 saturated carbocycles. The Balaban J connectivity index is 2.42. The third-order valence-electron chi connectivity index (χ3n) is 4.13. The number of aliphatic hydroxyl groups excluding tert-OH is 1. The number of aliphatic hydroxyl groups is 1. The highest BCUT2D eigenvalue weighted by molar-refractivity contribution is 6.02. The fraction of sp³-hybridized carbons (Fsp3) is 0.600. The number of nitrogens with zero attached hydrogens (tertiary/aromatic N) is 3. The second kappa shape index (κ2) is 7.26. The minimum absolute atomic E-state index is 0.0573. The number of aryl methyl sites for hydroxylation is 1. The molecule has 0 unspecified atom stereocenters. The second-order valence-electron chi connectivity index (χ2n) is 5.52. The van der Waals surface area contributed by atoms with Crippen molar-refractivity contribution in [3.05, 3.63) is 23.4 Å². The Hall–Kier alpha value is -1.82. The number of hydrogen-bond acceptors (Lipinski definition) is 5. The fourth-order valence-electron chi connectivity index (χ4n) is 3.09. The number of hydrogen-bond donors (Lipinski definition) is 3. The molecular formula is C15H24N4O2. The Bertz CT molecular complexity index is 498. The summed E-state index contributed by atoms with van der Waals surface area (Å²) in [6.45, 7) is 2.48. The summed E-state index contributed by atoms with van der Waals surface area (Å²) in [4.78, 5) is 6.56. The monoisotopic (exact) mass is 292 g/mol. The Morgan fingerprint density at radius 1 is 1.43 bits per heavy atom. The van der Waals surface area contributed by atoms with Crippen molar-refractivity contribution in [2.75, 3.05) is 18.1 Å². The van der Waals surface area contributed by atoms with Crippen molar-refractivity contribution in [3.63, 3.8) is 0 Å². The molecule has 0 spiro atoms. The molecule has 0 amide bonds. The maximum atomic E-state index is 9.40. The number of anilines is 1. The average Bonchev–Trinajstić information content (AvgIpc) is 2.52. The number of rotatable bonds is 5. The molecule has 0 saturated heterocycles. The number of pyridine rings is 1. The summed E-state index contributed by atoms with van der Waals surface area (Å²) in [5, 5.41) is 21.6. The van der Waals surface area contributed by atoms with Crippen LogP contribution in [0.5, 0.6) is 0 Å². The molecule has 6 heteroatoms. The zero-order valence-corrected chi connectivity index (χ0v) is 12.5. The van der Waals surface area contributed by atoms with Crippen LogP contribution in [0.2, 0.25) is 0 Å². The van der Waals surface area contributed by atoms with E-state index in [1.165, 1.54) is 19.3 Å². The number of nitrogens with two attached hydrogens (primary N) is 1. The average molecular weight is 292 g/mol. The number of aromatic nitrogens is 1. The highest BCUT2D eigenvalue weighted by Crippen LogP contribution is 2.29. The van der Waals surface area contributed by atoms with Crippen molar-refractivity contribution in [1.29, 1.82) is 0 Å². The van der Waals surface area contributed by atoms with E-state index in [4.69, 9.17) is 10.9 Å². The predicted octanol–water partition coefficient (Wildman–Crippen LogP) is 1.62. The first kappa shape index (κ1) is 15.6. The normalized spacial score (nSPS) is 17.0. The lowest BCUT2D eigenvalue weighted by Crippen LogP contribution is -2.41. The van der Waals surface area contributed by atoms with E-state index in [9.17, 15) is 5.11 Å². The zero-order chi connectivity index (χ0) is 15.2. The molecule has 0 radical (unpaired) electrons. The summed E-state index contributed by atoms with van der Waals surface area (Å²) in [5.74, 6) is 0.764. The zero-order valence-electron chi connectivity index (χ0n) is 12.5. The van der Waals surface area contributed by atoms with Crippen LogP contribution in [-0.4, -0.2) is 40.3 Å². The Morgan fingerprint density at radius 2 is 2.14 bits per heavy atom. The van der Waals surface area contributed by atoms with Crippen molar-refractivity contribution >= 4 is 11.7 Å². The molecule has 1 heterocycles. The van der Waals surface area contributed by atoms with E-state index < -0.39 is 0 Å². The van der Waals surface area contributed by atoms with Gasteiger partial charge in [0.15, 0.2) is 5.84 Å². The van der Waals surface area contributed by atoms with Gasteiger partial charge in [0.25, 0.3) is 0 Å². The van der Waals surface area contributed by atoms with Crippen molar-refractivity contribution in [2.45, 2.75) is 45.1 Å². The SMILES string of the molecule is Cc1ccnc(N(CCO)C2CCCCC2)c1/C(N)=N/O. The first-order valence-corrected chi connectivity index (χ1v) is 7.50. The van der Waals surface area contributed by atoms with Crippen LogP contribution in [0.3, 0.4) is 0 Å². The van der Waals surface area contributed by atoms with Gasteiger partial charge in [-0.05, 0) is 31.4 Å². The first-order chi connectivity index (χ1) is 10.2. The van der Waals surface area contributed by atoms with Gasteiger partial charge in [0.2, 0.25) is 0 Å². The van der Waals surface area contributed by atoms with Gasteiger partial charge in [-0.25, -0.2) is 4.98 Å². The van der Waals surface area contributed by atoms with Crippen LogP contribution in [0, 0.1) is 6.92 Å². The molecule has 116 valence electrons. The van der Waals surface area contributed by atoms with Crippen LogP contribution in [0.25, 0.3) is 0 Å². The van der Waals surface area contributed by atoms with Crippen LogP contribution in [0.15, 0.2) is 17.4 Å². The predicted molar refractivity (Wildman–Crippen MR) is 82.8 cm³/mol. The molecule has 1 aromatic heterocycles. The van der Waals surface area contributed by atoms with Gasteiger partial charge in [-0.15, -0.1) is 0 Å². The smallest absolute Gasteiger partial charge is 0.174 e. The van der Waals surface area contributed by atoms with Crippen molar-refractivity contribution < 1.29 is 10.3 Å². The summed E-state index contributed by atoms with van der Waals surface area (Å²) in [6.07, 6.45) is 7.55. The molecule has 0 atom stereocenters. The summed E-state index contributed by atoms with van der Waals surface area (Å²) in [5.41, 5.74) is 7.39. The molecule has 4 N–H and O–H groups in total. The van der Waals surface area contributed by atoms with E-state index in [2.05, 4.69) is 15.0 Å².